The van der Waals surface area contributed by atoms with Crippen molar-refractivity contribution < 1.29 is 19.2 Å². The molecule has 0 aliphatic rings. The number of imidazole rings is 1. The number of hydrogen-bond donors (Lipinski definition) is 2. The van der Waals surface area contributed by atoms with Gasteiger partial charge in [-0.05, 0) is 57.9 Å². The normalized spacial score (nSPS) is 12.5. The summed E-state index contributed by atoms with van der Waals surface area (Å²) in [5.41, 5.74) is 5.02. The average Bonchev–Trinajstić information content (AvgIpc) is 3.13. The highest BCUT2D eigenvalue weighted by Crippen LogP contribution is 2.16. The molecule has 3 aromatic rings. The van der Waals surface area contributed by atoms with Gasteiger partial charge in [-0.3, -0.25) is 14.4 Å². The standard InChI is InChI=1S/C27H36N4O4/c1-27(2,3)35-25(32)15-10-18-28-22(26(33)30-34-19-20-11-6-5-7-12-20)16-17-24-29-21-13-8-9-14-23(21)31(24)4/h5-9,11-14,22,28H,10,15-19H2,1-4H3,(H,30,33)/t22-/m0/s1. The topological polar surface area (TPSA) is 94.5 Å². The molecule has 2 N–H and O–H groups in total. The molecule has 1 amide bonds. The van der Waals surface area contributed by atoms with E-state index in [1.54, 1.807) is 0 Å². The van der Waals surface area contributed by atoms with Crippen LogP contribution < -0.4 is 10.8 Å². The lowest BCUT2D eigenvalue weighted by molar-refractivity contribution is -0.154. The van der Waals surface area contributed by atoms with Gasteiger partial charge < -0.3 is 14.6 Å². The van der Waals surface area contributed by atoms with Crippen molar-refractivity contribution >= 4 is 22.9 Å². The van der Waals surface area contributed by atoms with E-state index in [1.165, 1.54) is 0 Å². The Bertz CT molecular complexity index is 1110. The van der Waals surface area contributed by atoms with Crippen LogP contribution in [0.5, 0.6) is 0 Å². The van der Waals surface area contributed by atoms with Crippen LogP contribution in [0.15, 0.2) is 54.6 Å². The summed E-state index contributed by atoms with van der Waals surface area (Å²) >= 11 is 0. The number of amides is 1. The number of carbonyl (C=O) groups is 2. The third kappa shape index (κ3) is 8.49. The summed E-state index contributed by atoms with van der Waals surface area (Å²) < 4.78 is 7.41. The Morgan fingerprint density at radius 2 is 1.77 bits per heavy atom. The number of aromatic nitrogens is 2. The third-order valence-corrected chi connectivity index (χ3v) is 5.48. The first-order valence-corrected chi connectivity index (χ1v) is 12.0. The van der Waals surface area contributed by atoms with E-state index in [0.29, 0.717) is 25.8 Å². The maximum Gasteiger partial charge on any atom is 0.306 e. The Balaban J connectivity index is 1.56. The smallest absolute Gasteiger partial charge is 0.306 e. The second-order valence-electron chi connectivity index (χ2n) is 9.55. The molecule has 0 bridgehead atoms. The fraction of sp³-hybridized carbons (Fsp3) is 0.444. The summed E-state index contributed by atoms with van der Waals surface area (Å²) in [6.45, 7) is 6.32. The lowest BCUT2D eigenvalue weighted by Gasteiger charge is -2.20. The molecule has 1 aromatic heterocycles. The number of aryl methyl sites for hydroxylation is 2. The minimum absolute atomic E-state index is 0.244. The van der Waals surface area contributed by atoms with Gasteiger partial charge in [0.25, 0.3) is 5.91 Å². The maximum absolute atomic E-state index is 12.9. The van der Waals surface area contributed by atoms with Gasteiger partial charge in [0.1, 0.15) is 11.4 Å². The minimum Gasteiger partial charge on any atom is -0.460 e. The molecule has 3 rings (SSSR count). The summed E-state index contributed by atoms with van der Waals surface area (Å²) in [6.07, 6.45) is 1.99. The number of fused-ring (bicyclic) bond motifs is 1. The van der Waals surface area contributed by atoms with Gasteiger partial charge in [0, 0.05) is 19.9 Å². The molecule has 0 saturated carbocycles. The van der Waals surface area contributed by atoms with Gasteiger partial charge >= 0.3 is 5.97 Å². The molecule has 0 aliphatic heterocycles. The third-order valence-electron chi connectivity index (χ3n) is 5.48. The fourth-order valence-corrected chi connectivity index (χ4v) is 3.76. The van der Waals surface area contributed by atoms with E-state index in [0.717, 1.165) is 22.4 Å². The number of rotatable bonds is 12. The summed E-state index contributed by atoms with van der Waals surface area (Å²) in [5, 5.41) is 3.27. The number of hydroxylamine groups is 1. The van der Waals surface area contributed by atoms with Crippen LogP contribution in [0.1, 0.15) is 51.4 Å². The number of benzene rings is 2. The Kier molecular flexibility index (Phi) is 9.39. The summed E-state index contributed by atoms with van der Waals surface area (Å²) in [5.74, 6) is 0.410. The van der Waals surface area contributed by atoms with Crippen molar-refractivity contribution in [2.75, 3.05) is 6.54 Å². The Morgan fingerprint density at radius 3 is 2.49 bits per heavy atom. The highest BCUT2D eigenvalue weighted by molar-refractivity contribution is 5.81. The minimum atomic E-state index is -0.505. The quantitative estimate of drug-likeness (QED) is 0.232. The van der Waals surface area contributed by atoms with Crippen molar-refractivity contribution in [3.8, 4) is 0 Å². The van der Waals surface area contributed by atoms with Crippen molar-refractivity contribution in [1.82, 2.24) is 20.3 Å². The van der Waals surface area contributed by atoms with Gasteiger partial charge in [-0.1, -0.05) is 42.5 Å². The average molecular weight is 481 g/mol. The van der Waals surface area contributed by atoms with Crippen LogP contribution in [0.4, 0.5) is 0 Å². The van der Waals surface area contributed by atoms with Crippen molar-refractivity contribution in [3.63, 3.8) is 0 Å². The molecule has 8 heteroatoms. The van der Waals surface area contributed by atoms with E-state index < -0.39 is 11.6 Å². The molecule has 35 heavy (non-hydrogen) atoms. The molecule has 1 atom stereocenters. The lowest BCUT2D eigenvalue weighted by atomic mass is 10.1. The summed E-state index contributed by atoms with van der Waals surface area (Å²) in [6, 6.07) is 17.1. The Hall–Kier alpha value is -3.23. The van der Waals surface area contributed by atoms with Crippen LogP contribution >= 0.6 is 0 Å². The number of ether oxygens (including phenoxy) is 1. The second kappa shape index (κ2) is 12.5. The number of esters is 1. The zero-order valence-electron chi connectivity index (χ0n) is 21.0. The number of nitrogens with one attached hydrogen (secondary N) is 2. The molecule has 0 spiro atoms. The molecule has 2 aromatic carbocycles. The summed E-state index contributed by atoms with van der Waals surface area (Å²) in [4.78, 5) is 35.1. The number of para-hydroxylation sites is 2. The Labute approximate surface area is 207 Å². The first-order valence-electron chi connectivity index (χ1n) is 12.0. The number of carbonyl (C=O) groups excluding carboxylic acids is 2. The SMILES string of the molecule is Cn1c(CC[C@H](NCCCC(=O)OC(C)(C)C)C(=O)NOCc2ccccc2)nc2ccccc21. The fourth-order valence-electron chi connectivity index (χ4n) is 3.76. The van der Waals surface area contributed by atoms with Crippen LogP contribution in [0.2, 0.25) is 0 Å². The summed E-state index contributed by atoms with van der Waals surface area (Å²) in [7, 11) is 1.98. The molecule has 0 unspecified atom stereocenters. The zero-order chi connectivity index (χ0) is 25.3. The van der Waals surface area contributed by atoms with Crippen LogP contribution in [-0.2, 0) is 39.2 Å². The number of nitrogens with zero attached hydrogens (tertiary/aromatic N) is 2. The molecule has 188 valence electrons. The first-order chi connectivity index (χ1) is 16.7. The molecule has 0 saturated heterocycles. The van der Waals surface area contributed by atoms with Gasteiger partial charge in [0.05, 0.1) is 23.7 Å². The van der Waals surface area contributed by atoms with Crippen molar-refractivity contribution in [1.29, 1.82) is 0 Å². The lowest BCUT2D eigenvalue weighted by Crippen LogP contribution is -2.45. The molecular weight excluding hydrogens is 444 g/mol. The number of hydrogen-bond acceptors (Lipinski definition) is 6. The predicted octanol–water partition coefficient (Wildman–Crippen LogP) is 3.83. The first kappa shape index (κ1) is 26.4. The zero-order valence-corrected chi connectivity index (χ0v) is 21.0. The van der Waals surface area contributed by atoms with E-state index in [-0.39, 0.29) is 24.9 Å². The van der Waals surface area contributed by atoms with E-state index in [2.05, 4.69) is 15.4 Å². The van der Waals surface area contributed by atoms with E-state index >= 15 is 0 Å². The second-order valence-corrected chi connectivity index (χ2v) is 9.55. The largest absolute Gasteiger partial charge is 0.460 e. The molecule has 0 fully saturated rings. The van der Waals surface area contributed by atoms with Gasteiger partial charge in [-0.25, -0.2) is 10.5 Å². The molecular formula is C27H36N4O4. The molecule has 0 aliphatic carbocycles. The van der Waals surface area contributed by atoms with E-state index in [4.69, 9.17) is 14.6 Å². The predicted molar refractivity (Wildman–Crippen MR) is 135 cm³/mol. The van der Waals surface area contributed by atoms with Crippen LogP contribution in [-0.4, -0.2) is 39.6 Å². The van der Waals surface area contributed by atoms with E-state index in [9.17, 15) is 9.59 Å². The van der Waals surface area contributed by atoms with Crippen LogP contribution in [0.25, 0.3) is 11.0 Å². The van der Waals surface area contributed by atoms with Crippen LogP contribution in [0.3, 0.4) is 0 Å². The highest BCUT2D eigenvalue weighted by atomic mass is 16.6. The van der Waals surface area contributed by atoms with Gasteiger partial charge in [0.2, 0.25) is 0 Å². The van der Waals surface area contributed by atoms with Gasteiger partial charge in [0.15, 0.2) is 0 Å². The monoisotopic (exact) mass is 480 g/mol. The van der Waals surface area contributed by atoms with Crippen molar-refractivity contribution in [2.45, 2.75) is 64.7 Å². The molecule has 1 heterocycles. The van der Waals surface area contributed by atoms with Crippen LogP contribution in [0, 0.1) is 0 Å². The maximum atomic E-state index is 12.9. The van der Waals surface area contributed by atoms with Crippen molar-refractivity contribution in [2.24, 2.45) is 7.05 Å². The molecule has 0 radical (unpaired) electrons. The van der Waals surface area contributed by atoms with Crippen molar-refractivity contribution in [3.05, 3.63) is 66.0 Å². The van der Waals surface area contributed by atoms with Gasteiger partial charge in [-0.2, -0.15) is 0 Å². The highest BCUT2D eigenvalue weighted by Gasteiger charge is 2.21. The van der Waals surface area contributed by atoms with Gasteiger partial charge in [-0.15, -0.1) is 0 Å². The van der Waals surface area contributed by atoms with E-state index in [1.807, 2.05) is 82.4 Å². The molecule has 8 nitrogen and oxygen atoms in total. The Morgan fingerprint density at radius 1 is 1.06 bits per heavy atom.